The second-order valence-corrected chi connectivity index (χ2v) is 7.06. The maximum Gasteiger partial charge on any atom is 0.234 e. The zero-order valence-corrected chi connectivity index (χ0v) is 14.6. The van der Waals surface area contributed by atoms with E-state index in [1.165, 1.54) is 4.88 Å². The number of aromatic hydroxyl groups is 1. The van der Waals surface area contributed by atoms with Gasteiger partial charge in [-0.05, 0) is 42.6 Å². The third-order valence-electron chi connectivity index (χ3n) is 4.30. The third kappa shape index (κ3) is 4.27. The van der Waals surface area contributed by atoms with E-state index in [9.17, 15) is 9.90 Å². The van der Waals surface area contributed by atoms with E-state index in [1.807, 2.05) is 36.6 Å². The van der Waals surface area contributed by atoms with Crippen LogP contribution in [0.2, 0.25) is 0 Å². The molecule has 5 nitrogen and oxygen atoms in total. The molecule has 3 rings (SSSR count). The van der Waals surface area contributed by atoms with E-state index in [2.05, 4.69) is 15.1 Å². The van der Waals surface area contributed by atoms with E-state index in [0.29, 0.717) is 6.54 Å². The number of anilines is 1. The van der Waals surface area contributed by atoms with Gasteiger partial charge in [0, 0.05) is 36.7 Å². The minimum atomic E-state index is 0.0655. The zero-order valence-electron chi connectivity index (χ0n) is 13.8. The summed E-state index contributed by atoms with van der Waals surface area (Å²) in [5.74, 6) is 0.364. The van der Waals surface area contributed by atoms with Crippen molar-refractivity contribution in [2.24, 2.45) is 0 Å². The van der Waals surface area contributed by atoms with Crippen molar-refractivity contribution < 1.29 is 9.90 Å². The quantitative estimate of drug-likeness (QED) is 0.874. The number of thiophene rings is 1. The highest BCUT2D eigenvalue weighted by Crippen LogP contribution is 2.20. The molecule has 0 aliphatic carbocycles. The van der Waals surface area contributed by atoms with Gasteiger partial charge in [0.15, 0.2) is 0 Å². The Bertz CT molecular complexity index is 649. The Morgan fingerprint density at radius 3 is 2.54 bits per heavy atom. The lowest BCUT2D eigenvalue weighted by Crippen LogP contribution is -2.49. The molecule has 1 fully saturated rings. The number of nitrogens with zero attached hydrogens (tertiary/aromatic N) is 2. The van der Waals surface area contributed by atoms with Gasteiger partial charge < -0.3 is 15.3 Å². The highest BCUT2D eigenvalue weighted by Gasteiger charge is 2.20. The van der Waals surface area contributed by atoms with E-state index in [-0.39, 0.29) is 17.7 Å². The van der Waals surface area contributed by atoms with Crippen LogP contribution in [-0.4, -0.2) is 48.6 Å². The number of piperazine rings is 1. The van der Waals surface area contributed by atoms with E-state index in [4.69, 9.17) is 0 Å². The average molecular weight is 345 g/mol. The lowest BCUT2D eigenvalue weighted by atomic mass is 10.2. The fraction of sp³-hybridized carbons (Fsp3) is 0.389. The minimum Gasteiger partial charge on any atom is -0.508 e. The normalized spacial score (nSPS) is 16.8. The number of phenols is 1. The summed E-state index contributed by atoms with van der Waals surface area (Å²) >= 11 is 1.67. The molecule has 2 aromatic rings. The van der Waals surface area contributed by atoms with Crippen molar-refractivity contribution in [3.8, 4) is 5.75 Å². The molecular weight excluding hydrogens is 322 g/mol. The lowest BCUT2D eigenvalue weighted by Gasteiger charge is -2.35. The summed E-state index contributed by atoms with van der Waals surface area (Å²) in [6, 6.07) is 11.4. The lowest BCUT2D eigenvalue weighted by molar-refractivity contribution is -0.122. The standard InChI is InChI=1S/C18H23N3O2S/c1-14(17-3-2-12-24-17)19-18(23)13-20-8-10-21(11-9-20)15-4-6-16(22)7-5-15/h2-7,12,14,22H,8-11,13H2,1H3,(H,19,23)/t14-/m0/s1. The first-order valence-corrected chi connectivity index (χ1v) is 9.09. The Morgan fingerprint density at radius 2 is 1.92 bits per heavy atom. The van der Waals surface area contributed by atoms with Crippen LogP contribution < -0.4 is 10.2 Å². The number of carbonyl (C=O) groups excluding carboxylic acids is 1. The predicted octanol–water partition coefficient (Wildman–Crippen LogP) is 2.45. The Hall–Kier alpha value is -2.05. The SMILES string of the molecule is C[C@H](NC(=O)CN1CCN(c2ccc(O)cc2)CC1)c1cccs1. The van der Waals surface area contributed by atoms with Crippen molar-refractivity contribution in [1.29, 1.82) is 0 Å². The fourth-order valence-corrected chi connectivity index (χ4v) is 3.66. The number of nitrogens with one attached hydrogen (secondary N) is 1. The Labute approximate surface area is 146 Å². The van der Waals surface area contributed by atoms with Crippen molar-refractivity contribution in [3.63, 3.8) is 0 Å². The molecule has 0 bridgehead atoms. The topological polar surface area (TPSA) is 55.8 Å². The van der Waals surface area contributed by atoms with Crippen LogP contribution in [-0.2, 0) is 4.79 Å². The number of hydrogen-bond donors (Lipinski definition) is 2. The smallest absolute Gasteiger partial charge is 0.234 e. The van der Waals surface area contributed by atoms with Gasteiger partial charge in [-0.25, -0.2) is 0 Å². The number of phenolic OH excluding ortho intramolecular Hbond substituents is 1. The fourth-order valence-electron chi connectivity index (χ4n) is 2.93. The van der Waals surface area contributed by atoms with E-state index >= 15 is 0 Å². The molecular formula is C18H23N3O2S. The van der Waals surface area contributed by atoms with Gasteiger partial charge in [-0.1, -0.05) is 6.07 Å². The van der Waals surface area contributed by atoms with Crippen molar-refractivity contribution >= 4 is 22.9 Å². The summed E-state index contributed by atoms with van der Waals surface area (Å²) < 4.78 is 0. The summed E-state index contributed by atoms with van der Waals surface area (Å²) in [5, 5.41) is 14.5. The highest BCUT2D eigenvalue weighted by molar-refractivity contribution is 7.10. The maximum absolute atomic E-state index is 12.2. The molecule has 2 heterocycles. The average Bonchev–Trinajstić information content (AvgIpc) is 3.11. The molecule has 24 heavy (non-hydrogen) atoms. The third-order valence-corrected chi connectivity index (χ3v) is 5.36. The molecule has 1 aliphatic heterocycles. The van der Waals surface area contributed by atoms with Gasteiger partial charge in [0.05, 0.1) is 12.6 Å². The van der Waals surface area contributed by atoms with Crippen molar-refractivity contribution in [3.05, 3.63) is 46.7 Å². The molecule has 0 saturated carbocycles. The van der Waals surface area contributed by atoms with Crippen LogP contribution in [0.25, 0.3) is 0 Å². The molecule has 0 unspecified atom stereocenters. The number of amides is 1. The summed E-state index contributed by atoms with van der Waals surface area (Å²) in [6.45, 7) is 5.96. The van der Waals surface area contributed by atoms with Crippen LogP contribution in [0.5, 0.6) is 5.75 Å². The van der Waals surface area contributed by atoms with Gasteiger partial charge in [-0.15, -0.1) is 11.3 Å². The molecule has 1 amide bonds. The molecule has 1 aromatic heterocycles. The zero-order chi connectivity index (χ0) is 16.9. The largest absolute Gasteiger partial charge is 0.508 e. The van der Waals surface area contributed by atoms with Gasteiger partial charge in [-0.3, -0.25) is 9.69 Å². The van der Waals surface area contributed by atoms with Gasteiger partial charge >= 0.3 is 0 Å². The van der Waals surface area contributed by atoms with Crippen LogP contribution in [0.3, 0.4) is 0 Å². The first kappa shape index (κ1) is 16.8. The first-order chi connectivity index (χ1) is 11.6. The van der Waals surface area contributed by atoms with Gasteiger partial charge in [0.2, 0.25) is 5.91 Å². The second kappa shape index (κ2) is 7.68. The van der Waals surface area contributed by atoms with Crippen molar-refractivity contribution in [2.75, 3.05) is 37.6 Å². The van der Waals surface area contributed by atoms with Crippen LogP contribution in [0.4, 0.5) is 5.69 Å². The summed E-state index contributed by atoms with van der Waals surface area (Å²) in [7, 11) is 0. The summed E-state index contributed by atoms with van der Waals surface area (Å²) in [4.78, 5) is 17.9. The molecule has 1 aliphatic rings. The van der Waals surface area contributed by atoms with Crippen LogP contribution >= 0.6 is 11.3 Å². The van der Waals surface area contributed by atoms with Gasteiger partial charge in [-0.2, -0.15) is 0 Å². The molecule has 0 radical (unpaired) electrons. The minimum absolute atomic E-state index is 0.0655. The maximum atomic E-state index is 12.2. The van der Waals surface area contributed by atoms with E-state index in [0.717, 1.165) is 31.9 Å². The molecule has 1 aromatic carbocycles. The molecule has 0 spiro atoms. The Balaban J connectivity index is 1.45. The van der Waals surface area contributed by atoms with Crippen LogP contribution in [0.15, 0.2) is 41.8 Å². The number of hydrogen-bond acceptors (Lipinski definition) is 5. The number of carbonyl (C=O) groups is 1. The number of rotatable bonds is 5. The molecule has 6 heteroatoms. The molecule has 128 valence electrons. The van der Waals surface area contributed by atoms with Crippen molar-refractivity contribution in [1.82, 2.24) is 10.2 Å². The Morgan fingerprint density at radius 1 is 1.21 bits per heavy atom. The molecule has 1 saturated heterocycles. The second-order valence-electron chi connectivity index (χ2n) is 6.08. The van der Waals surface area contributed by atoms with Crippen LogP contribution in [0, 0.1) is 0 Å². The summed E-state index contributed by atoms with van der Waals surface area (Å²) in [6.07, 6.45) is 0. The Kier molecular flexibility index (Phi) is 5.37. The monoisotopic (exact) mass is 345 g/mol. The van der Waals surface area contributed by atoms with E-state index < -0.39 is 0 Å². The summed E-state index contributed by atoms with van der Waals surface area (Å²) in [5.41, 5.74) is 1.11. The van der Waals surface area contributed by atoms with Crippen molar-refractivity contribution in [2.45, 2.75) is 13.0 Å². The highest BCUT2D eigenvalue weighted by atomic mass is 32.1. The predicted molar refractivity (Wildman–Crippen MR) is 97.6 cm³/mol. The molecule has 2 N–H and O–H groups in total. The first-order valence-electron chi connectivity index (χ1n) is 8.21. The van der Waals surface area contributed by atoms with Gasteiger partial charge in [0.1, 0.15) is 5.75 Å². The molecule has 1 atom stereocenters. The van der Waals surface area contributed by atoms with Gasteiger partial charge in [0.25, 0.3) is 0 Å². The number of benzene rings is 1. The van der Waals surface area contributed by atoms with Crippen LogP contribution in [0.1, 0.15) is 17.8 Å². The van der Waals surface area contributed by atoms with E-state index in [1.54, 1.807) is 23.5 Å².